The minimum Gasteiger partial charge on any atom is -0.478 e. The average molecular weight is 390 g/mol. The van der Waals surface area contributed by atoms with Crippen LogP contribution < -0.4 is 5.32 Å². The molecule has 2 N–H and O–H groups in total. The van der Waals surface area contributed by atoms with Crippen LogP contribution in [0.25, 0.3) is 0 Å². The van der Waals surface area contributed by atoms with E-state index >= 15 is 0 Å². The summed E-state index contributed by atoms with van der Waals surface area (Å²) in [7, 11) is 0. The van der Waals surface area contributed by atoms with Gasteiger partial charge in [-0.2, -0.15) is 0 Å². The van der Waals surface area contributed by atoms with Gasteiger partial charge < -0.3 is 10.4 Å². The Kier molecular flexibility index (Phi) is 4.82. The highest BCUT2D eigenvalue weighted by molar-refractivity contribution is 9.10. The molecule has 1 aromatic heterocycles. The van der Waals surface area contributed by atoms with Gasteiger partial charge in [0.15, 0.2) is 0 Å². The molecule has 108 valence electrons. The van der Waals surface area contributed by atoms with E-state index in [0.29, 0.717) is 4.47 Å². The smallest absolute Gasteiger partial charge is 0.337 e. The molecule has 21 heavy (non-hydrogen) atoms. The number of halogens is 3. The number of rotatable bonds is 3. The van der Waals surface area contributed by atoms with Crippen LogP contribution >= 0.6 is 39.1 Å². The van der Waals surface area contributed by atoms with Crippen LogP contribution in [0.5, 0.6) is 0 Å². The Morgan fingerprint density at radius 1 is 1.19 bits per heavy atom. The number of carboxylic acids is 1. The van der Waals surface area contributed by atoms with E-state index in [1.54, 1.807) is 6.07 Å². The Morgan fingerprint density at radius 2 is 1.90 bits per heavy atom. The fraction of sp³-hybridized carbons (Fsp3) is 0. The Labute approximate surface area is 138 Å². The summed E-state index contributed by atoms with van der Waals surface area (Å²) in [6.45, 7) is 0. The fourth-order valence-electron chi connectivity index (χ4n) is 1.56. The van der Waals surface area contributed by atoms with Crippen molar-refractivity contribution in [1.82, 2.24) is 4.98 Å². The Hall–Kier alpha value is -1.63. The monoisotopic (exact) mass is 388 g/mol. The van der Waals surface area contributed by atoms with Gasteiger partial charge >= 0.3 is 5.97 Å². The topological polar surface area (TPSA) is 79.3 Å². The molecule has 2 aromatic rings. The molecule has 1 aromatic carbocycles. The number of hydrogen-bond donors (Lipinski definition) is 2. The number of nitrogens with zero attached hydrogens (tertiary/aromatic N) is 1. The van der Waals surface area contributed by atoms with Crippen LogP contribution in [0.3, 0.4) is 0 Å². The first-order valence-corrected chi connectivity index (χ1v) is 7.09. The molecular weight excluding hydrogens is 383 g/mol. The highest BCUT2D eigenvalue weighted by Crippen LogP contribution is 2.23. The van der Waals surface area contributed by atoms with E-state index in [-0.39, 0.29) is 27.1 Å². The van der Waals surface area contributed by atoms with E-state index in [1.807, 2.05) is 0 Å². The van der Waals surface area contributed by atoms with Gasteiger partial charge in [0.2, 0.25) is 0 Å². The molecule has 0 fully saturated rings. The normalized spacial score (nSPS) is 10.2. The summed E-state index contributed by atoms with van der Waals surface area (Å²) in [5, 5.41) is 11.8. The lowest BCUT2D eigenvalue weighted by Crippen LogP contribution is -2.16. The lowest BCUT2D eigenvalue weighted by atomic mass is 10.1. The number of pyridine rings is 1. The number of aromatic carboxylic acids is 1. The summed E-state index contributed by atoms with van der Waals surface area (Å²) < 4.78 is 0.580. The molecule has 2 rings (SSSR count). The van der Waals surface area contributed by atoms with Gasteiger partial charge in [0.25, 0.3) is 5.91 Å². The van der Waals surface area contributed by atoms with Crippen LogP contribution in [0.4, 0.5) is 5.69 Å². The average Bonchev–Trinajstić information content (AvgIpc) is 2.43. The summed E-state index contributed by atoms with van der Waals surface area (Å²) in [4.78, 5) is 27.1. The maximum atomic E-state index is 12.1. The van der Waals surface area contributed by atoms with Gasteiger partial charge in [-0.3, -0.25) is 4.79 Å². The number of aromatic nitrogens is 1. The van der Waals surface area contributed by atoms with Crippen molar-refractivity contribution in [3.8, 4) is 0 Å². The zero-order valence-corrected chi connectivity index (χ0v) is 13.3. The maximum absolute atomic E-state index is 12.1. The van der Waals surface area contributed by atoms with Crippen LogP contribution in [0, 0.1) is 0 Å². The van der Waals surface area contributed by atoms with Crippen molar-refractivity contribution in [3.63, 3.8) is 0 Å². The lowest BCUT2D eigenvalue weighted by Gasteiger charge is -2.09. The first-order valence-electron chi connectivity index (χ1n) is 5.54. The fourth-order valence-corrected chi connectivity index (χ4v) is 2.26. The molecule has 0 saturated heterocycles. The number of carbonyl (C=O) groups excluding carboxylic acids is 1. The Morgan fingerprint density at radius 3 is 2.57 bits per heavy atom. The SMILES string of the molecule is O=C(O)c1cc(Br)ccc1NC(=O)c1nc(Cl)ccc1Cl. The van der Waals surface area contributed by atoms with Gasteiger partial charge in [-0.25, -0.2) is 9.78 Å². The second kappa shape index (κ2) is 6.43. The van der Waals surface area contributed by atoms with Gasteiger partial charge in [-0.05, 0) is 30.3 Å². The Balaban J connectivity index is 2.36. The van der Waals surface area contributed by atoms with Crippen molar-refractivity contribution in [2.45, 2.75) is 0 Å². The van der Waals surface area contributed by atoms with Crippen molar-refractivity contribution in [2.24, 2.45) is 0 Å². The zero-order chi connectivity index (χ0) is 15.6. The minimum atomic E-state index is -1.17. The lowest BCUT2D eigenvalue weighted by molar-refractivity contribution is 0.0698. The predicted octanol–water partition coefficient (Wildman–Crippen LogP) is 4.10. The molecule has 8 heteroatoms. The van der Waals surface area contributed by atoms with Crippen LogP contribution in [-0.2, 0) is 0 Å². The Bertz CT molecular complexity index is 737. The molecule has 1 heterocycles. The van der Waals surface area contributed by atoms with Gasteiger partial charge in [0, 0.05) is 4.47 Å². The zero-order valence-electron chi connectivity index (χ0n) is 10.2. The molecule has 5 nitrogen and oxygen atoms in total. The number of hydrogen-bond acceptors (Lipinski definition) is 3. The number of carbonyl (C=O) groups is 2. The number of benzene rings is 1. The van der Waals surface area contributed by atoms with Crippen LogP contribution in [0.2, 0.25) is 10.2 Å². The van der Waals surface area contributed by atoms with E-state index in [0.717, 1.165) is 0 Å². The van der Waals surface area contributed by atoms with Crippen LogP contribution in [-0.4, -0.2) is 22.0 Å². The molecule has 0 bridgehead atoms. The van der Waals surface area contributed by atoms with Crippen molar-refractivity contribution in [3.05, 3.63) is 56.2 Å². The molecule has 0 aliphatic carbocycles. The standard InChI is InChI=1S/C13H7BrCl2N2O3/c14-6-1-3-9(7(5-6)13(20)21)17-12(19)11-8(15)2-4-10(16)18-11/h1-5H,(H,17,19)(H,20,21). The number of anilines is 1. The third-order valence-electron chi connectivity index (χ3n) is 2.49. The minimum absolute atomic E-state index is 0.0594. The molecule has 0 aliphatic rings. The van der Waals surface area contributed by atoms with Gasteiger partial charge in [0.1, 0.15) is 10.8 Å². The maximum Gasteiger partial charge on any atom is 0.337 e. The quantitative estimate of drug-likeness (QED) is 0.774. The summed E-state index contributed by atoms with van der Waals surface area (Å²) in [5.74, 6) is -1.82. The van der Waals surface area contributed by atoms with E-state index in [4.69, 9.17) is 28.3 Å². The molecular formula is C13H7BrCl2N2O3. The summed E-state index contributed by atoms with van der Waals surface area (Å²) in [6, 6.07) is 7.33. The number of nitrogens with one attached hydrogen (secondary N) is 1. The molecule has 0 spiro atoms. The molecule has 0 atom stereocenters. The van der Waals surface area contributed by atoms with Gasteiger partial charge in [0.05, 0.1) is 16.3 Å². The molecule has 0 radical (unpaired) electrons. The van der Waals surface area contributed by atoms with Crippen molar-refractivity contribution in [2.75, 3.05) is 5.32 Å². The van der Waals surface area contributed by atoms with Crippen molar-refractivity contribution in [1.29, 1.82) is 0 Å². The van der Waals surface area contributed by atoms with E-state index in [1.165, 1.54) is 24.3 Å². The third kappa shape index (κ3) is 3.72. The molecule has 0 unspecified atom stereocenters. The highest BCUT2D eigenvalue weighted by atomic mass is 79.9. The summed E-state index contributed by atoms with van der Waals surface area (Å²) >= 11 is 14.8. The first kappa shape index (κ1) is 15.8. The molecule has 0 aliphatic heterocycles. The van der Waals surface area contributed by atoms with Gasteiger partial charge in [-0.15, -0.1) is 0 Å². The van der Waals surface area contributed by atoms with Crippen LogP contribution in [0.1, 0.15) is 20.8 Å². The van der Waals surface area contributed by atoms with Gasteiger partial charge in [-0.1, -0.05) is 39.1 Å². The molecule has 1 amide bonds. The number of amides is 1. The summed E-state index contributed by atoms with van der Waals surface area (Å²) in [5.41, 5.74) is -0.00663. The predicted molar refractivity (Wildman–Crippen MR) is 83.3 cm³/mol. The largest absolute Gasteiger partial charge is 0.478 e. The summed E-state index contributed by atoms with van der Waals surface area (Å²) in [6.07, 6.45) is 0. The second-order valence-corrected chi connectivity index (χ2v) is 5.62. The number of carboxylic acid groups (broad SMARTS) is 1. The molecule has 0 saturated carbocycles. The van der Waals surface area contributed by atoms with E-state index in [2.05, 4.69) is 26.2 Å². The second-order valence-electron chi connectivity index (χ2n) is 3.91. The van der Waals surface area contributed by atoms with E-state index < -0.39 is 11.9 Å². The van der Waals surface area contributed by atoms with Crippen molar-refractivity contribution < 1.29 is 14.7 Å². The van der Waals surface area contributed by atoms with E-state index in [9.17, 15) is 9.59 Å². The van der Waals surface area contributed by atoms with Crippen molar-refractivity contribution >= 4 is 56.7 Å². The first-order chi connectivity index (χ1) is 9.88. The van der Waals surface area contributed by atoms with Crippen LogP contribution in [0.15, 0.2) is 34.8 Å². The third-order valence-corrected chi connectivity index (χ3v) is 3.50. The highest BCUT2D eigenvalue weighted by Gasteiger charge is 2.17.